The van der Waals surface area contributed by atoms with E-state index in [4.69, 9.17) is 4.74 Å². The number of anilines is 3. The average Bonchev–Trinajstić information content (AvgIpc) is 2.64. The normalized spacial score (nSPS) is 10.2. The molecule has 0 saturated carbocycles. The summed E-state index contributed by atoms with van der Waals surface area (Å²) in [7, 11) is 3.38. The topological polar surface area (TPSA) is 93.4 Å². The summed E-state index contributed by atoms with van der Waals surface area (Å²) in [5.74, 6) is 1.75. The third kappa shape index (κ3) is 3.86. The second-order valence-corrected chi connectivity index (χ2v) is 5.61. The van der Waals surface area contributed by atoms with Crippen LogP contribution in [0.2, 0.25) is 0 Å². The van der Waals surface area contributed by atoms with Gasteiger partial charge in [-0.05, 0) is 36.4 Å². The van der Waals surface area contributed by atoms with Gasteiger partial charge in [0, 0.05) is 19.8 Å². The molecule has 8 nitrogen and oxygen atoms in total. The van der Waals surface area contributed by atoms with E-state index >= 15 is 0 Å². The van der Waals surface area contributed by atoms with E-state index in [0.29, 0.717) is 11.4 Å². The van der Waals surface area contributed by atoms with Gasteiger partial charge < -0.3 is 15.0 Å². The van der Waals surface area contributed by atoms with Crippen LogP contribution in [0.4, 0.5) is 23.0 Å². The second-order valence-electron chi connectivity index (χ2n) is 5.61. The monoisotopic (exact) mass is 351 g/mol. The van der Waals surface area contributed by atoms with Gasteiger partial charge in [0.1, 0.15) is 17.8 Å². The van der Waals surface area contributed by atoms with Crippen LogP contribution in [0.15, 0.2) is 60.9 Å². The molecule has 0 aliphatic carbocycles. The van der Waals surface area contributed by atoms with Crippen molar-refractivity contribution < 1.29 is 9.66 Å². The van der Waals surface area contributed by atoms with Crippen LogP contribution in [-0.2, 0) is 0 Å². The van der Waals surface area contributed by atoms with Crippen LogP contribution in [-0.4, -0.2) is 29.0 Å². The van der Waals surface area contributed by atoms with Crippen molar-refractivity contribution in [3.8, 4) is 11.5 Å². The molecule has 0 bridgehead atoms. The van der Waals surface area contributed by atoms with Crippen molar-refractivity contribution >= 4 is 23.0 Å². The Hall–Kier alpha value is -3.68. The minimum absolute atomic E-state index is 0.130. The molecule has 132 valence electrons. The Morgan fingerprint density at radius 1 is 1.00 bits per heavy atom. The third-order valence-corrected chi connectivity index (χ3v) is 3.51. The Morgan fingerprint density at radius 2 is 1.65 bits per heavy atom. The van der Waals surface area contributed by atoms with E-state index in [2.05, 4.69) is 15.3 Å². The first kappa shape index (κ1) is 17.2. The lowest BCUT2D eigenvalue weighted by molar-refractivity contribution is -0.383. The number of nitrogens with one attached hydrogen (secondary N) is 1. The van der Waals surface area contributed by atoms with Crippen LogP contribution < -0.4 is 15.0 Å². The molecule has 0 unspecified atom stereocenters. The molecule has 3 aromatic rings. The predicted octanol–water partition coefficient (Wildman–Crippen LogP) is 3.99. The van der Waals surface area contributed by atoms with Crippen molar-refractivity contribution in [2.45, 2.75) is 0 Å². The van der Waals surface area contributed by atoms with Crippen molar-refractivity contribution in [1.29, 1.82) is 0 Å². The van der Waals surface area contributed by atoms with E-state index < -0.39 is 4.92 Å². The fourth-order valence-corrected chi connectivity index (χ4v) is 2.32. The van der Waals surface area contributed by atoms with Crippen molar-refractivity contribution in [2.75, 3.05) is 24.3 Å². The number of hydrogen-bond acceptors (Lipinski definition) is 7. The summed E-state index contributed by atoms with van der Waals surface area (Å²) in [6, 6.07) is 16.5. The number of para-hydroxylation sites is 1. The Morgan fingerprint density at radius 3 is 2.27 bits per heavy atom. The molecule has 0 atom stereocenters. The molecule has 0 radical (unpaired) electrons. The average molecular weight is 351 g/mol. The van der Waals surface area contributed by atoms with Crippen molar-refractivity contribution in [1.82, 2.24) is 9.97 Å². The van der Waals surface area contributed by atoms with Crippen molar-refractivity contribution in [2.24, 2.45) is 0 Å². The van der Waals surface area contributed by atoms with Crippen LogP contribution in [0.25, 0.3) is 0 Å². The Kier molecular flexibility index (Phi) is 4.93. The summed E-state index contributed by atoms with van der Waals surface area (Å²) >= 11 is 0. The number of nitro groups is 1. The molecule has 1 aromatic heterocycles. The molecule has 8 heteroatoms. The molecule has 0 amide bonds. The number of ether oxygens (including phenoxy) is 1. The van der Waals surface area contributed by atoms with E-state index in [-0.39, 0.29) is 17.3 Å². The van der Waals surface area contributed by atoms with Gasteiger partial charge in [-0.1, -0.05) is 18.2 Å². The van der Waals surface area contributed by atoms with Crippen LogP contribution in [0, 0.1) is 10.1 Å². The zero-order valence-electron chi connectivity index (χ0n) is 14.3. The third-order valence-electron chi connectivity index (χ3n) is 3.51. The molecule has 0 fully saturated rings. The smallest absolute Gasteiger partial charge is 0.353 e. The number of hydrogen-bond donors (Lipinski definition) is 1. The van der Waals surface area contributed by atoms with Crippen molar-refractivity contribution in [3.63, 3.8) is 0 Å². The first-order chi connectivity index (χ1) is 12.5. The Bertz CT molecular complexity index is 898. The minimum atomic E-state index is -0.495. The fourth-order valence-electron chi connectivity index (χ4n) is 2.32. The molecule has 3 rings (SSSR count). The predicted molar refractivity (Wildman–Crippen MR) is 99.3 cm³/mol. The lowest BCUT2D eigenvalue weighted by Crippen LogP contribution is -2.14. The highest BCUT2D eigenvalue weighted by Crippen LogP contribution is 2.33. The summed E-state index contributed by atoms with van der Waals surface area (Å²) in [5.41, 5.74) is 0.471. The van der Waals surface area contributed by atoms with Crippen LogP contribution in [0.5, 0.6) is 11.5 Å². The maximum absolute atomic E-state index is 11.4. The van der Waals surface area contributed by atoms with Crippen LogP contribution in [0.1, 0.15) is 0 Å². The zero-order valence-corrected chi connectivity index (χ0v) is 14.3. The second kappa shape index (κ2) is 7.47. The summed E-state index contributed by atoms with van der Waals surface area (Å²) in [6.45, 7) is 0. The number of rotatable bonds is 6. The van der Waals surface area contributed by atoms with Gasteiger partial charge in [0.05, 0.1) is 4.92 Å². The minimum Gasteiger partial charge on any atom is -0.457 e. The van der Waals surface area contributed by atoms with Crippen LogP contribution in [0.3, 0.4) is 0 Å². The van der Waals surface area contributed by atoms with E-state index in [1.165, 1.54) is 6.33 Å². The van der Waals surface area contributed by atoms with E-state index in [1.807, 2.05) is 30.3 Å². The maximum atomic E-state index is 11.4. The standard InChI is InChI=1S/C18H17N5O3/c1-22(2)18-16(23(24)25)17(19-12-20-18)21-13-8-10-15(11-9-13)26-14-6-4-3-5-7-14/h3-12H,1-2H3,(H,19,20,21). The molecule has 1 N–H and O–H groups in total. The Labute approximate surface area is 150 Å². The van der Waals surface area contributed by atoms with Gasteiger partial charge in [-0.25, -0.2) is 9.97 Å². The lowest BCUT2D eigenvalue weighted by Gasteiger charge is -2.13. The van der Waals surface area contributed by atoms with Gasteiger partial charge in [-0.2, -0.15) is 0 Å². The van der Waals surface area contributed by atoms with E-state index in [0.717, 1.165) is 5.75 Å². The van der Waals surface area contributed by atoms with Gasteiger partial charge in [-0.15, -0.1) is 0 Å². The fraction of sp³-hybridized carbons (Fsp3) is 0.111. The van der Waals surface area contributed by atoms with Crippen molar-refractivity contribution in [3.05, 3.63) is 71.0 Å². The largest absolute Gasteiger partial charge is 0.457 e. The molecular weight excluding hydrogens is 334 g/mol. The zero-order chi connectivity index (χ0) is 18.5. The molecule has 0 aliphatic rings. The summed E-state index contributed by atoms with van der Waals surface area (Å²) in [6.07, 6.45) is 1.29. The number of aromatic nitrogens is 2. The molecule has 26 heavy (non-hydrogen) atoms. The van der Waals surface area contributed by atoms with E-state index in [1.54, 1.807) is 43.3 Å². The first-order valence-corrected chi connectivity index (χ1v) is 7.81. The Balaban J connectivity index is 1.81. The molecular formula is C18H17N5O3. The molecule has 1 heterocycles. The lowest BCUT2D eigenvalue weighted by atomic mass is 10.3. The highest BCUT2D eigenvalue weighted by Gasteiger charge is 2.24. The molecule has 0 saturated heterocycles. The highest BCUT2D eigenvalue weighted by atomic mass is 16.6. The van der Waals surface area contributed by atoms with Gasteiger partial charge >= 0.3 is 5.69 Å². The maximum Gasteiger partial charge on any atom is 0.353 e. The molecule has 0 spiro atoms. The summed E-state index contributed by atoms with van der Waals surface area (Å²) in [5, 5.41) is 14.4. The quantitative estimate of drug-likeness (QED) is 0.530. The number of benzene rings is 2. The van der Waals surface area contributed by atoms with Crippen LogP contribution >= 0.6 is 0 Å². The van der Waals surface area contributed by atoms with Gasteiger partial charge in [0.2, 0.25) is 11.6 Å². The van der Waals surface area contributed by atoms with Gasteiger partial charge in [0.15, 0.2) is 0 Å². The number of nitrogens with zero attached hydrogens (tertiary/aromatic N) is 4. The summed E-state index contributed by atoms with van der Waals surface area (Å²) in [4.78, 5) is 20.5. The van der Waals surface area contributed by atoms with Gasteiger partial charge in [-0.3, -0.25) is 10.1 Å². The SMILES string of the molecule is CN(C)c1ncnc(Nc2ccc(Oc3ccccc3)cc2)c1[N+](=O)[O-]. The molecule has 0 aliphatic heterocycles. The highest BCUT2D eigenvalue weighted by molar-refractivity contribution is 5.74. The molecule has 2 aromatic carbocycles. The van der Waals surface area contributed by atoms with E-state index in [9.17, 15) is 10.1 Å². The first-order valence-electron chi connectivity index (χ1n) is 7.81. The van der Waals surface area contributed by atoms with Gasteiger partial charge in [0.25, 0.3) is 0 Å². The summed E-state index contributed by atoms with van der Waals surface area (Å²) < 4.78 is 5.73.